The van der Waals surface area contributed by atoms with Gasteiger partial charge in [-0.3, -0.25) is 4.79 Å². The molecule has 4 N–H and O–H groups in total. The van der Waals surface area contributed by atoms with Gasteiger partial charge >= 0.3 is 12.1 Å². The van der Waals surface area contributed by atoms with E-state index >= 15 is 8.78 Å². The summed E-state index contributed by atoms with van der Waals surface area (Å²) in [7, 11) is -3.22. The number of nitrogens with one attached hydrogen (secondary N) is 1. The lowest BCUT2D eigenvalue weighted by Crippen LogP contribution is -2.60. The number of sulfonamides is 1. The zero-order valence-corrected chi connectivity index (χ0v) is 31.5. The van der Waals surface area contributed by atoms with Crippen LogP contribution in [-0.2, 0) is 25.5 Å². The summed E-state index contributed by atoms with van der Waals surface area (Å²) in [5, 5.41) is 7.64. The van der Waals surface area contributed by atoms with E-state index in [9.17, 15) is 26.4 Å². The van der Waals surface area contributed by atoms with Gasteiger partial charge in [0.05, 0.1) is 18.6 Å². The number of ether oxygens (including phenoxy) is 2. The molecule has 2 heterocycles. The number of halogens is 6. The van der Waals surface area contributed by atoms with E-state index in [4.69, 9.17) is 36.7 Å². The number of piperidine rings is 1. The number of alkyl halides is 5. The number of carboxylic acids is 1. The van der Waals surface area contributed by atoms with Crippen molar-refractivity contribution >= 4 is 33.5 Å². The van der Waals surface area contributed by atoms with Crippen molar-refractivity contribution < 1.29 is 54.5 Å². The van der Waals surface area contributed by atoms with Crippen LogP contribution in [0.15, 0.2) is 71.6 Å². The summed E-state index contributed by atoms with van der Waals surface area (Å²) < 4.78 is 106. The van der Waals surface area contributed by atoms with Crippen LogP contribution in [0.3, 0.4) is 0 Å². The number of hydrogen-bond acceptors (Lipinski definition) is 7. The molecular formula is C38H43ClF5N3O7S. The van der Waals surface area contributed by atoms with Gasteiger partial charge in [-0.15, -0.1) is 0 Å². The molecule has 2 aliphatic heterocycles. The van der Waals surface area contributed by atoms with E-state index in [1.807, 2.05) is 0 Å². The number of hydrogen-bond donors (Lipinski definition) is 3. The molecule has 17 heteroatoms. The first kappa shape index (κ1) is 42.2. The van der Waals surface area contributed by atoms with E-state index < -0.39 is 45.6 Å². The number of nitrogens with zero attached hydrogens (tertiary/aromatic N) is 1. The van der Waals surface area contributed by atoms with Crippen LogP contribution in [0, 0.1) is 5.92 Å². The van der Waals surface area contributed by atoms with Gasteiger partial charge in [0.25, 0.3) is 5.92 Å². The number of methoxy groups -OCH3 is 1. The van der Waals surface area contributed by atoms with Crippen molar-refractivity contribution in [1.29, 1.82) is 0 Å². The van der Waals surface area contributed by atoms with E-state index in [1.54, 1.807) is 24.3 Å². The van der Waals surface area contributed by atoms with E-state index in [0.29, 0.717) is 60.1 Å². The number of fused-ring (bicyclic) bond motifs is 2. The minimum Gasteiger partial charge on any atom is -0.496 e. The molecule has 1 saturated carbocycles. The van der Waals surface area contributed by atoms with E-state index in [1.165, 1.54) is 67.7 Å². The van der Waals surface area contributed by atoms with E-state index in [2.05, 4.69) is 4.72 Å². The second-order valence-corrected chi connectivity index (χ2v) is 16.2. The van der Waals surface area contributed by atoms with Crippen LogP contribution in [-0.4, -0.2) is 74.4 Å². The molecule has 1 aliphatic carbocycles. The SMILES string of the molecule is COc1cc(C(F)(F)[C@@H](NS(=O)(=O)c2ccc(OCC3CCCCC3)cc2)C(=O)N2C3CCC2CC(N)C3)ccc1-c1ccc(Cl)cc1.O=C(O)C(F)(F)F. The molecule has 2 saturated heterocycles. The molecule has 1 amide bonds. The van der Waals surface area contributed by atoms with Gasteiger partial charge in [0.15, 0.2) is 6.04 Å². The second kappa shape index (κ2) is 17.4. The largest absolute Gasteiger partial charge is 0.496 e. The normalized spacial score (nSPS) is 20.9. The molecule has 300 valence electrons. The van der Waals surface area contributed by atoms with Crippen LogP contribution in [0.1, 0.15) is 63.4 Å². The standard InChI is InChI=1S/C36H42ClF2N3O5S.C2HF3O2/c1-46-33-19-25(9-18-32(33)24-7-10-26(37)11-8-24)36(38,39)34(35(43)42-28-12-13-29(42)21-27(40)20-28)41-48(44,45)31-16-14-30(15-17-31)47-22-23-5-3-2-4-6-23;3-2(4,5)1(6)7/h7-11,14-19,23,27-29,34,41H,2-6,12-13,20-22,40H2,1H3;(H,6,7)/t27?,28?,29?,34-;/m0./s1. The number of carbonyl (C=O) groups excluding carboxylic acids is 1. The third-order valence-electron chi connectivity index (χ3n) is 10.2. The van der Waals surface area contributed by atoms with Crippen LogP contribution in [0.25, 0.3) is 11.1 Å². The Balaban J connectivity index is 0.000000757. The Labute approximate surface area is 321 Å². The number of carboxylic acid groups (broad SMARTS) is 1. The van der Waals surface area contributed by atoms with Gasteiger partial charge in [-0.1, -0.05) is 55.1 Å². The fourth-order valence-corrected chi connectivity index (χ4v) is 8.76. The summed E-state index contributed by atoms with van der Waals surface area (Å²) in [6, 6.07) is 13.0. The van der Waals surface area contributed by atoms with Crippen molar-refractivity contribution in [3.8, 4) is 22.6 Å². The molecule has 2 unspecified atom stereocenters. The van der Waals surface area contributed by atoms with Crippen LogP contribution in [0.2, 0.25) is 5.02 Å². The molecule has 6 rings (SSSR count). The number of amides is 1. The van der Waals surface area contributed by atoms with Gasteiger partial charge in [0, 0.05) is 34.3 Å². The van der Waals surface area contributed by atoms with Gasteiger partial charge in [-0.2, -0.15) is 26.7 Å². The summed E-state index contributed by atoms with van der Waals surface area (Å²) >= 11 is 6.03. The van der Waals surface area contributed by atoms with Crippen molar-refractivity contribution in [2.45, 2.75) is 98.9 Å². The number of nitrogens with two attached hydrogens (primary N) is 1. The first-order valence-electron chi connectivity index (χ1n) is 17.9. The Morgan fingerprint density at radius 2 is 1.51 bits per heavy atom. The maximum atomic E-state index is 16.8. The lowest BCUT2D eigenvalue weighted by atomic mass is 9.90. The van der Waals surface area contributed by atoms with Gasteiger partial charge in [-0.05, 0) is 92.5 Å². The summed E-state index contributed by atoms with van der Waals surface area (Å²) in [4.78, 5) is 24.3. The smallest absolute Gasteiger partial charge is 0.490 e. The van der Waals surface area contributed by atoms with Crippen LogP contribution in [0.4, 0.5) is 22.0 Å². The number of rotatable bonds is 11. The average Bonchev–Trinajstić information content (AvgIpc) is 3.43. The number of aliphatic carboxylic acids is 1. The zero-order valence-electron chi connectivity index (χ0n) is 29.9. The Kier molecular flexibility index (Phi) is 13.4. The number of benzene rings is 3. The lowest BCUT2D eigenvalue weighted by molar-refractivity contribution is -0.192. The molecule has 0 aromatic heterocycles. The van der Waals surface area contributed by atoms with Crippen molar-refractivity contribution in [2.24, 2.45) is 11.7 Å². The van der Waals surface area contributed by atoms with Crippen molar-refractivity contribution in [3.63, 3.8) is 0 Å². The van der Waals surface area contributed by atoms with Crippen LogP contribution < -0.4 is 19.9 Å². The molecule has 3 aromatic carbocycles. The Bertz CT molecular complexity index is 1900. The molecule has 2 bridgehead atoms. The fraction of sp³-hybridized carbons (Fsp3) is 0.474. The minimum absolute atomic E-state index is 0.136. The lowest BCUT2D eigenvalue weighted by Gasteiger charge is -2.41. The first-order valence-corrected chi connectivity index (χ1v) is 19.7. The molecular weight excluding hydrogens is 773 g/mol. The second-order valence-electron chi connectivity index (χ2n) is 14.1. The Hall–Kier alpha value is -3.99. The number of carbonyl (C=O) groups is 2. The summed E-state index contributed by atoms with van der Waals surface area (Å²) in [6.45, 7) is 0.537. The van der Waals surface area contributed by atoms with E-state index in [-0.39, 0.29) is 28.8 Å². The molecule has 0 radical (unpaired) electrons. The quantitative estimate of drug-likeness (QED) is 0.168. The third-order valence-corrected chi connectivity index (χ3v) is 11.9. The van der Waals surface area contributed by atoms with Crippen molar-refractivity contribution in [2.75, 3.05) is 13.7 Å². The molecule has 3 aliphatic rings. The predicted molar refractivity (Wildman–Crippen MR) is 195 cm³/mol. The zero-order chi connectivity index (χ0) is 40.1. The topological polar surface area (TPSA) is 148 Å². The maximum absolute atomic E-state index is 16.8. The Morgan fingerprint density at radius 3 is 2.05 bits per heavy atom. The Morgan fingerprint density at radius 1 is 0.927 bits per heavy atom. The van der Waals surface area contributed by atoms with Gasteiger partial charge < -0.3 is 25.2 Å². The van der Waals surface area contributed by atoms with E-state index in [0.717, 1.165) is 18.9 Å². The molecule has 3 aromatic rings. The van der Waals surface area contributed by atoms with Gasteiger partial charge in [0.2, 0.25) is 15.9 Å². The maximum Gasteiger partial charge on any atom is 0.490 e. The molecule has 0 spiro atoms. The van der Waals surface area contributed by atoms with Crippen LogP contribution in [0.5, 0.6) is 11.5 Å². The monoisotopic (exact) mass is 815 g/mol. The van der Waals surface area contributed by atoms with Crippen LogP contribution >= 0.6 is 11.6 Å². The fourth-order valence-electron chi connectivity index (χ4n) is 7.45. The predicted octanol–water partition coefficient (Wildman–Crippen LogP) is 7.53. The average molecular weight is 816 g/mol. The summed E-state index contributed by atoms with van der Waals surface area (Å²) in [6.07, 6.45) is 2.88. The summed E-state index contributed by atoms with van der Waals surface area (Å²) in [5.74, 6) is -6.61. The minimum atomic E-state index is -5.08. The van der Waals surface area contributed by atoms with Gasteiger partial charge in [0.1, 0.15) is 11.5 Å². The highest BCUT2D eigenvalue weighted by atomic mass is 35.5. The highest BCUT2D eigenvalue weighted by molar-refractivity contribution is 7.89. The molecule has 3 atom stereocenters. The third kappa shape index (κ3) is 10.3. The highest BCUT2D eigenvalue weighted by Gasteiger charge is 2.54. The van der Waals surface area contributed by atoms with Gasteiger partial charge in [-0.25, -0.2) is 13.2 Å². The van der Waals surface area contributed by atoms with Crippen molar-refractivity contribution in [1.82, 2.24) is 9.62 Å². The first-order chi connectivity index (χ1) is 25.9. The molecule has 10 nitrogen and oxygen atoms in total. The molecule has 55 heavy (non-hydrogen) atoms. The molecule has 3 fully saturated rings. The summed E-state index contributed by atoms with van der Waals surface area (Å²) in [5.41, 5.74) is 6.85. The highest BCUT2D eigenvalue weighted by Crippen LogP contribution is 2.42. The van der Waals surface area contributed by atoms with Crippen molar-refractivity contribution in [3.05, 3.63) is 77.3 Å².